The molecule has 0 saturated carbocycles. The Kier molecular flexibility index (Phi) is 45.9. The van der Waals surface area contributed by atoms with Crippen molar-refractivity contribution in [3.63, 3.8) is 0 Å². The molecule has 0 aromatic heterocycles. The van der Waals surface area contributed by atoms with E-state index in [1.165, 1.54) is 0 Å². The number of carboxylic acid groups (broad SMARTS) is 1. The number of hydrogen-bond donors (Lipinski definition) is 2. The molecule has 0 unspecified atom stereocenters. The SMILES string of the molecule is CC(=O)O.CN(C)C.CO.[NaH]. The molecule has 0 aliphatic rings. The Morgan fingerprint density at radius 2 is 1.18 bits per heavy atom. The van der Waals surface area contributed by atoms with Crippen molar-refractivity contribution in [1.29, 1.82) is 0 Å². The molecule has 0 rings (SSSR count). The topological polar surface area (TPSA) is 60.8 Å². The van der Waals surface area contributed by atoms with E-state index >= 15 is 0 Å². The van der Waals surface area contributed by atoms with Gasteiger partial charge in [0.05, 0.1) is 0 Å². The van der Waals surface area contributed by atoms with Crippen molar-refractivity contribution < 1.29 is 15.0 Å². The summed E-state index contributed by atoms with van der Waals surface area (Å²) in [5, 5.41) is 14.4. The van der Waals surface area contributed by atoms with Crippen LogP contribution < -0.4 is 0 Å². The first-order chi connectivity index (χ1) is 4.46. The number of nitrogens with zero attached hydrogens (tertiary/aromatic N) is 1. The number of aliphatic hydroxyl groups excluding tert-OH is 1. The number of carboxylic acids is 1. The van der Waals surface area contributed by atoms with E-state index in [-0.39, 0.29) is 29.6 Å². The molecule has 0 amide bonds. The molecular weight excluding hydrogens is 157 g/mol. The first-order valence-electron chi connectivity index (χ1n) is 2.72. The van der Waals surface area contributed by atoms with Crippen LogP contribution in [0.15, 0.2) is 0 Å². The molecule has 11 heavy (non-hydrogen) atoms. The second kappa shape index (κ2) is 22.4. The van der Waals surface area contributed by atoms with E-state index in [1.807, 2.05) is 26.0 Å². The molecule has 0 heterocycles. The zero-order valence-corrected chi connectivity index (χ0v) is 7.25. The average Bonchev–Trinajstić information content (AvgIpc) is 1.66. The Labute approximate surface area is 90.5 Å². The van der Waals surface area contributed by atoms with E-state index in [1.54, 1.807) is 0 Å². The third kappa shape index (κ3) is 4810. The Morgan fingerprint density at radius 1 is 1.18 bits per heavy atom. The molecular formula is C6H18NNaO3. The van der Waals surface area contributed by atoms with Crippen molar-refractivity contribution in [2.24, 2.45) is 0 Å². The molecule has 0 radical (unpaired) electrons. The van der Waals surface area contributed by atoms with Gasteiger partial charge in [-0.1, -0.05) is 0 Å². The molecule has 0 aromatic rings. The predicted molar refractivity (Wildman–Crippen MR) is 48.2 cm³/mol. The van der Waals surface area contributed by atoms with E-state index < -0.39 is 5.97 Å². The van der Waals surface area contributed by atoms with Crippen LogP contribution in [0.3, 0.4) is 0 Å². The molecule has 0 aliphatic carbocycles. The van der Waals surface area contributed by atoms with Crippen LogP contribution in [-0.2, 0) is 4.79 Å². The van der Waals surface area contributed by atoms with Crippen LogP contribution in [-0.4, -0.2) is 78.9 Å². The van der Waals surface area contributed by atoms with Gasteiger partial charge < -0.3 is 15.1 Å². The van der Waals surface area contributed by atoms with Gasteiger partial charge in [-0.3, -0.25) is 4.79 Å². The van der Waals surface area contributed by atoms with Gasteiger partial charge in [-0.05, 0) is 21.1 Å². The van der Waals surface area contributed by atoms with E-state index in [9.17, 15) is 0 Å². The second-order valence-electron chi connectivity index (χ2n) is 1.86. The third-order valence-electron chi connectivity index (χ3n) is 0. The number of carbonyl (C=O) groups is 1. The van der Waals surface area contributed by atoms with Gasteiger partial charge in [-0.2, -0.15) is 0 Å². The van der Waals surface area contributed by atoms with Gasteiger partial charge in [0.15, 0.2) is 0 Å². The second-order valence-corrected chi connectivity index (χ2v) is 1.86. The third-order valence-corrected chi connectivity index (χ3v) is 0. The Balaban J connectivity index is -0.0000000339. The zero-order chi connectivity index (χ0) is 9.15. The maximum atomic E-state index is 9.00. The molecule has 0 aliphatic heterocycles. The summed E-state index contributed by atoms with van der Waals surface area (Å²) in [7, 11) is 7.00. The number of aliphatic hydroxyl groups is 1. The summed E-state index contributed by atoms with van der Waals surface area (Å²) in [5.74, 6) is -0.833. The van der Waals surface area contributed by atoms with Crippen LogP contribution in [0.5, 0.6) is 0 Å². The number of aliphatic carboxylic acids is 1. The number of hydrogen-bond acceptors (Lipinski definition) is 3. The summed E-state index contributed by atoms with van der Waals surface area (Å²) >= 11 is 0. The van der Waals surface area contributed by atoms with Crippen molar-refractivity contribution >= 4 is 35.5 Å². The summed E-state index contributed by atoms with van der Waals surface area (Å²) in [6.45, 7) is 1.08. The molecule has 66 valence electrons. The Morgan fingerprint density at radius 3 is 1.18 bits per heavy atom. The minimum absolute atomic E-state index is 0. The summed E-state index contributed by atoms with van der Waals surface area (Å²) in [4.78, 5) is 11.0. The van der Waals surface area contributed by atoms with Crippen LogP contribution in [0.4, 0.5) is 0 Å². The van der Waals surface area contributed by atoms with Gasteiger partial charge in [-0.25, -0.2) is 0 Å². The monoisotopic (exact) mass is 175 g/mol. The van der Waals surface area contributed by atoms with Gasteiger partial charge in [0.25, 0.3) is 5.97 Å². The number of rotatable bonds is 0. The van der Waals surface area contributed by atoms with E-state index in [4.69, 9.17) is 15.0 Å². The predicted octanol–water partition coefficient (Wildman–Crippen LogP) is -0.771. The molecule has 0 spiro atoms. The van der Waals surface area contributed by atoms with E-state index in [2.05, 4.69) is 0 Å². The average molecular weight is 175 g/mol. The first kappa shape index (κ1) is 22.5. The van der Waals surface area contributed by atoms with Gasteiger partial charge in [0.1, 0.15) is 0 Å². The fourth-order valence-corrected chi connectivity index (χ4v) is 0. The van der Waals surface area contributed by atoms with Crippen molar-refractivity contribution in [2.45, 2.75) is 6.92 Å². The minimum atomic E-state index is -0.833. The van der Waals surface area contributed by atoms with Crippen LogP contribution in [0.1, 0.15) is 6.92 Å². The zero-order valence-electron chi connectivity index (χ0n) is 7.25. The normalized spacial score (nSPS) is 6.09. The summed E-state index contributed by atoms with van der Waals surface area (Å²) in [6.07, 6.45) is 0. The molecule has 0 bridgehead atoms. The van der Waals surface area contributed by atoms with E-state index in [0.717, 1.165) is 14.0 Å². The van der Waals surface area contributed by atoms with Crippen LogP contribution in [0.2, 0.25) is 0 Å². The summed E-state index contributed by atoms with van der Waals surface area (Å²) in [5.41, 5.74) is 0. The fraction of sp³-hybridized carbons (Fsp3) is 0.833. The molecule has 0 saturated heterocycles. The Hall–Kier alpha value is 0.390. The molecule has 0 fully saturated rings. The molecule has 0 atom stereocenters. The van der Waals surface area contributed by atoms with Gasteiger partial charge in [0, 0.05) is 14.0 Å². The van der Waals surface area contributed by atoms with E-state index in [0.29, 0.717) is 0 Å². The fourth-order valence-electron chi connectivity index (χ4n) is 0. The van der Waals surface area contributed by atoms with Crippen LogP contribution in [0.25, 0.3) is 0 Å². The van der Waals surface area contributed by atoms with Crippen molar-refractivity contribution in [3.05, 3.63) is 0 Å². The van der Waals surface area contributed by atoms with Crippen molar-refractivity contribution in [1.82, 2.24) is 4.90 Å². The first-order valence-corrected chi connectivity index (χ1v) is 2.72. The summed E-state index contributed by atoms with van der Waals surface area (Å²) < 4.78 is 0. The molecule has 2 N–H and O–H groups in total. The van der Waals surface area contributed by atoms with Gasteiger partial charge >= 0.3 is 29.6 Å². The van der Waals surface area contributed by atoms with Crippen LogP contribution >= 0.6 is 0 Å². The van der Waals surface area contributed by atoms with Gasteiger partial charge in [-0.15, -0.1) is 0 Å². The summed E-state index contributed by atoms with van der Waals surface area (Å²) in [6, 6.07) is 0. The Bertz CT molecular complexity index is 62.1. The quantitative estimate of drug-likeness (QED) is 0.474. The molecule has 0 aromatic carbocycles. The van der Waals surface area contributed by atoms with Crippen molar-refractivity contribution in [3.8, 4) is 0 Å². The maximum absolute atomic E-state index is 9.00. The molecule has 4 nitrogen and oxygen atoms in total. The van der Waals surface area contributed by atoms with Crippen molar-refractivity contribution in [2.75, 3.05) is 28.3 Å². The van der Waals surface area contributed by atoms with Crippen LogP contribution in [0, 0.1) is 0 Å². The van der Waals surface area contributed by atoms with Gasteiger partial charge in [0.2, 0.25) is 0 Å². The standard InChI is InChI=1S/C3H9N.C2H4O2.CH4O.Na.H/c1-4(2)3;1-2(3)4;1-2;;/h1-3H3;1H3,(H,3,4);2H,1H3;;. The molecule has 5 heteroatoms.